The van der Waals surface area contributed by atoms with E-state index in [0.717, 1.165) is 29.8 Å². The van der Waals surface area contributed by atoms with E-state index in [0.29, 0.717) is 31.9 Å². The van der Waals surface area contributed by atoms with Crippen molar-refractivity contribution in [3.63, 3.8) is 0 Å². The Kier molecular flexibility index (Phi) is 7.80. The third-order valence-corrected chi connectivity index (χ3v) is 5.10. The minimum absolute atomic E-state index is 0.00880. The van der Waals surface area contributed by atoms with E-state index in [9.17, 15) is 15.0 Å². The van der Waals surface area contributed by atoms with Crippen LogP contribution in [0, 0.1) is 0 Å². The Morgan fingerprint density at radius 1 is 1.32 bits per heavy atom. The lowest BCUT2D eigenvalue weighted by Gasteiger charge is -2.07. The van der Waals surface area contributed by atoms with Crippen LogP contribution in [0.2, 0.25) is 0 Å². The van der Waals surface area contributed by atoms with Gasteiger partial charge in [0, 0.05) is 25.1 Å². The molecule has 0 spiro atoms. The van der Waals surface area contributed by atoms with Crippen molar-refractivity contribution in [3.05, 3.63) is 48.5 Å². The van der Waals surface area contributed by atoms with Gasteiger partial charge in [0.25, 0.3) is 11.7 Å². The minimum atomic E-state index is -0.196. The zero-order chi connectivity index (χ0) is 22.2. The topological polar surface area (TPSA) is 118 Å². The maximum atomic E-state index is 12.1. The molecule has 0 fully saturated rings. The van der Waals surface area contributed by atoms with Crippen LogP contribution in [0.3, 0.4) is 0 Å². The van der Waals surface area contributed by atoms with E-state index in [1.54, 1.807) is 18.3 Å². The molecule has 0 radical (unpaired) electrons. The predicted molar refractivity (Wildman–Crippen MR) is 114 cm³/mol. The van der Waals surface area contributed by atoms with E-state index >= 15 is 0 Å². The first-order valence-corrected chi connectivity index (χ1v) is 10.5. The number of ether oxygens (including phenoxy) is 1. The number of fused-ring (bicyclic) bond motifs is 1. The number of pyridine rings is 1. The van der Waals surface area contributed by atoms with Gasteiger partial charge in [-0.05, 0) is 25.1 Å². The summed E-state index contributed by atoms with van der Waals surface area (Å²) in [5.41, 5.74) is 7.86. The number of hydrogen-bond donors (Lipinski definition) is 4. The monoisotopic (exact) mass is 429 g/mol. The number of hydrogen-bond acceptors (Lipinski definition) is 5. The number of aliphatic hydroxyl groups excluding tert-OH is 1. The van der Waals surface area contributed by atoms with Crippen LogP contribution in [0.15, 0.2) is 42.7 Å². The molecule has 1 amide bonds. The molecule has 0 aliphatic rings. The second kappa shape index (κ2) is 10.7. The molecule has 0 saturated heterocycles. The first-order valence-electron chi connectivity index (χ1n) is 10.5. The number of aromatic hydroxyl groups is 1. The molecule has 3 rings (SSSR count). The summed E-state index contributed by atoms with van der Waals surface area (Å²) < 4.78 is 11.7. The molecule has 9 heteroatoms. The number of amides is 1. The van der Waals surface area contributed by atoms with Gasteiger partial charge in [0.1, 0.15) is 18.8 Å². The first kappa shape index (κ1) is 22.5. The summed E-state index contributed by atoms with van der Waals surface area (Å²) in [7, 11) is 0. The van der Waals surface area contributed by atoms with Crippen LogP contribution in [-0.4, -0.2) is 40.4 Å². The second-order valence-corrected chi connectivity index (χ2v) is 7.18. The van der Waals surface area contributed by atoms with Gasteiger partial charge in [0.2, 0.25) is 6.20 Å². The molecule has 3 aromatic rings. The highest BCUT2D eigenvalue weighted by atomic mass is 16.5. The molecule has 0 saturated carbocycles. The fourth-order valence-electron chi connectivity index (χ4n) is 3.72. The summed E-state index contributed by atoms with van der Waals surface area (Å²) in [5, 5.41) is 21.8. The largest absolute Gasteiger partial charge is 0.503 e. The molecule has 0 unspecified atom stereocenters. The molecule has 0 bridgehead atoms. The Labute approximate surface area is 181 Å². The fourth-order valence-corrected chi connectivity index (χ4v) is 3.72. The van der Waals surface area contributed by atoms with Crippen LogP contribution in [0.1, 0.15) is 19.2 Å². The molecule has 1 aromatic carbocycles. The summed E-state index contributed by atoms with van der Waals surface area (Å²) in [6.07, 6.45) is 4.25. The Bertz CT molecular complexity index is 1030. The Morgan fingerprint density at radius 2 is 2.16 bits per heavy atom. The van der Waals surface area contributed by atoms with Crippen molar-refractivity contribution in [2.45, 2.75) is 39.5 Å². The molecule has 0 atom stereocenters. The van der Waals surface area contributed by atoms with Crippen LogP contribution in [0.4, 0.5) is 0 Å². The highest BCUT2D eigenvalue weighted by Crippen LogP contribution is 2.21. The number of nitrogens with one attached hydrogen (secondary N) is 1. The molecule has 2 aromatic heterocycles. The van der Waals surface area contributed by atoms with E-state index in [1.165, 1.54) is 0 Å². The zero-order valence-corrected chi connectivity index (χ0v) is 17.8. The Balaban J connectivity index is 1.56. The average molecular weight is 430 g/mol. The van der Waals surface area contributed by atoms with E-state index in [4.69, 9.17) is 10.5 Å². The number of carbonyl (C=O) groups is 1. The number of aryl methyl sites for hydroxylation is 2. The summed E-state index contributed by atoms with van der Waals surface area (Å²) >= 11 is 0. The number of aliphatic hydroxyl groups is 1. The number of rotatable bonds is 11. The van der Waals surface area contributed by atoms with Crippen molar-refractivity contribution in [1.82, 2.24) is 9.88 Å². The van der Waals surface area contributed by atoms with E-state index in [2.05, 4.69) is 16.8 Å². The van der Waals surface area contributed by atoms with Gasteiger partial charge in [-0.2, -0.15) is 0 Å². The summed E-state index contributed by atoms with van der Waals surface area (Å²) in [6.45, 7) is 4.76. The maximum Gasteiger partial charge on any atom is 0.271 e. The quantitative estimate of drug-likeness (QED) is 0.252. The highest BCUT2D eigenvalue weighted by Gasteiger charge is 2.23. The van der Waals surface area contributed by atoms with Crippen molar-refractivity contribution in [3.8, 4) is 11.5 Å². The van der Waals surface area contributed by atoms with Gasteiger partial charge in [-0.3, -0.25) is 4.79 Å². The smallest absolute Gasteiger partial charge is 0.271 e. The molecule has 2 heterocycles. The van der Waals surface area contributed by atoms with Gasteiger partial charge in [-0.1, -0.05) is 0 Å². The van der Waals surface area contributed by atoms with Crippen molar-refractivity contribution in [2.24, 2.45) is 5.73 Å². The SMILES string of the molecule is CC[n+]1c(CN)n(CCO)c2cc(OCC(=O)NCCC[n+]3cccc(O)c3)ccc21. The average Bonchev–Trinajstić information content (AvgIpc) is 3.07. The molecule has 5 N–H and O–H groups in total. The number of benzene rings is 1. The van der Waals surface area contributed by atoms with Crippen LogP contribution in [0.5, 0.6) is 11.5 Å². The molecule has 166 valence electrons. The highest BCUT2D eigenvalue weighted by molar-refractivity contribution is 5.78. The standard InChI is InChI=1S/C22H29N5O4/c1-2-26-19-7-6-18(13-20(19)27(11-12-28)22(26)14-23)31-16-21(30)24-8-4-10-25-9-3-5-17(29)15-25/h3,5-7,9,13,15,28H,2,4,8,10-12,14,16,23H2,1H3/p+2. The number of nitrogens with two attached hydrogens (primary N) is 1. The molecule has 31 heavy (non-hydrogen) atoms. The number of imidazole rings is 1. The lowest BCUT2D eigenvalue weighted by molar-refractivity contribution is -0.697. The molecular weight excluding hydrogens is 398 g/mol. The van der Waals surface area contributed by atoms with Crippen molar-refractivity contribution >= 4 is 16.9 Å². The fraction of sp³-hybridized carbons (Fsp3) is 0.409. The molecule has 9 nitrogen and oxygen atoms in total. The van der Waals surface area contributed by atoms with Gasteiger partial charge in [0.05, 0.1) is 19.7 Å². The molecular formula is C22H31N5O4+2. The number of carbonyl (C=O) groups excluding carboxylic acids is 1. The number of aromatic nitrogens is 3. The maximum absolute atomic E-state index is 12.1. The lowest BCUT2D eigenvalue weighted by atomic mass is 10.3. The normalized spacial score (nSPS) is 11.1. The summed E-state index contributed by atoms with van der Waals surface area (Å²) in [4.78, 5) is 12.1. The van der Waals surface area contributed by atoms with E-state index in [1.807, 2.05) is 33.5 Å². The second-order valence-electron chi connectivity index (χ2n) is 7.18. The van der Waals surface area contributed by atoms with E-state index < -0.39 is 0 Å². The van der Waals surface area contributed by atoms with Gasteiger partial charge in [-0.15, -0.1) is 0 Å². The van der Waals surface area contributed by atoms with Crippen molar-refractivity contribution < 1.29 is 28.9 Å². The van der Waals surface area contributed by atoms with Crippen molar-refractivity contribution in [1.29, 1.82) is 0 Å². The van der Waals surface area contributed by atoms with Crippen LogP contribution in [-0.2, 0) is 31.0 Å². The summed E-state index contributed by atoms with van der Waals surface area (Å²) in [6, 6.07) is 9.05. The zero-order valence-electron chi connectivity index (χ0n) is 17.8. The van der Waals surface area contributed by atoms with Gasteiger partial charge in [-0.25, -0.2) is 13.7 Å². The summed E-state index contributed by atoms with van der Waals surface area (Å²) in [5.74, 6) is 1.54. The molecule has 0 aliphatic heterocycles. The van der Waals surface area contributed by atoms with Crippen LogP contribution < -0.4 is 24.9 Å². The first-order chi connectivity index (χ1) is 15.1. The lowest BCUT2D eigenvalue weighted by Crippen LogP contribution is -2.38. The minimum Gasteiger partial charge on any atom is -0.503 e. The van der Waals surface area contributed by atoms with Gasteiger partial charge < -0.3 is 26.0 Å². The third kappa shape index (κ3) is 5.50. The Morgan fingerprint density at radius 3 is 2.87 bits per heavy atom. The molecule has 0 aliphatic carbocycles. The number of nitrogens with zero attached hydrogens (tertiary/aromatic N) is 3. The van der Waals surface area contributed by atoms with Crippen LogP contribution in [0.25, 0.3) is 11.0 Å². The predicted octanol–water partition coefficient (Wildman–Crippen LogP) is -0.0219. The van der Waals surface area contributed by atoms with Crippen molar-refractivity contribution in [2.75, 3.05) is 19.8 Å². The Hall–Kier alpha value is -3.17. The van der Waals surface area contributed by atoms with Gasteiger partial charge >= 0.3 is 0 Å². The third-order valence-electron chi connectivity index (χ3n) is 5.10. The van der Waals surface area contributed by atoms with Crippen LogP contribution >= 0.6 is 0 Å². The van der Waals surface area contributed by atoms with Gasteiger partial charge in [0.15, 0.2) is 29.6 Å². The van der Waals surface area contributed by atoms with E-state index in [-0.39, 0.29) is 24.9 Å².